The minimum Gasteiger partial charge on any atom is -0.482 e. The van der Waals surface area contributed by atoms with Crippen LogP contribution in [0.4, 0.5) is 11.4 Å². The molecule has 2 N–H and O–H groups in total. The summed E-state index contributed by atoms with van der Waals surface area (Å²) in [5.41, 5.74) is 5.72. The topological polar surface area (TPSA) is 119 Å². The van der Waals surface area contributed by atoms with E-state index in [-0.39, 0.29) is 48.8 Å². The lowest BCUT2D eigenvalue weighted by atomic mass is 10.1. The second kappa shape index (κ2) is 7.66. The molecule has 9 nitrogen and oxygen atoms in total. The number of anilines is 1. The zero-order valence-electron chi connectivity index (χ0n) is 13.4. The van der Waals surface area contributed by atoms with Crippen molar-refractivity contribution in [3.05, 3.63) is 28.3 Å². The Morgan fingerprint density at radius 2 is 2.20 bits per heavy atom. The van der Waals surface area contributed by atoms with E-state index in [2.05, 4.69) is 0 Å². The van der Waals surface area contributed by atoms with Crippen molar-refractivity contribution < 1.29 is 19.2 Å². The van der Waals surface area contributed by atoms with E-state index in [4.69, 9.17) is 10.5 Å². The lowest BCUT2D eigenvalue weighted by Gasteiger charge is -2.30. The molecule has 1 aromatic carbocycles. The van der Waals surface area contributed by atoms with E-state index in [9.17, 15) is 19.7 Å². The minimum absolute atomic E-state index is 0. The highest BCUT2D eigenvalue weighted by atomic mass is 35.5. The van der Waals surface area contributed by atoms with E-state index in [0.717, 1.165) is 6.42 Å². The Labute approximate surface area is 150 Å². The molecular formula is C15H19ClN4O5. The summed E-state index contributed by atoms with van der Waals surface area (Å²) in [6, 6.07) is 4.00. The van der Waals surface area contributed by atoms with E-state index in [1.165, 1.54) is 23.1 Å². The number of nitrogens with zero attached hydrogens (tertiary/aromatic N) is 3. The Hall–Kier alpha value is -2.39. The monoisotopic (exact) mass is 370 g/mol. The van der Waals surface area contributed by atoms with Gasteiger partial charge in [0.1, 0.15) is 12.3 Å². The maximum absolute atomic E-state index is 12.5. The van der Waals surface area contributed by atoms with Crippen LogP contribution in [0.15, 0.2) is 18.2 Å². The molecule has 10 heteroatoms. The van der Waals surface area contributed by atoms with Gasteiger partial charge in [-0.3, -0.25) is 24.6 Å². The van der Waals surface area contributed by atoms with Gasteiger partial charge < -0.3 is 15.4 Å². The third-order valence-electron chi connectivity index (χ3n) is 4.36. The van der Waals surface area contributed by atoms with Crippen LogP contribution in [0.25, 0.3) is 0 Å². The number of rotatable bonds is 4. The fourth-order valence-electron chi connectivity index (χ4n) is 2.96. The first-order valence-corrected chi connectivity index (χ1v) is 7.69. The standard InChI is InChI=1S/C15H18N4O5.ClH/c16-6-10-3-4-17(7-10)14(20)8-18-12-5-11(19(22)23)1-2-13(12)24-9-15(18)21;/h1-2,5,10H,3-4,6-9,16H2;1H. The molecule has 1 aromatic rings. The molecule has 1 atom stereocenters. The van der Waals surface area contributed by atoms with Crippen LogP contribution in [0, 0.1) is 16.0 Å². The SMILES string of the molecule is Cl.NCC1CCN(C(=O)CN2C(=O)COc3ccc([N+](=O)[O-])cc32)C1. The molecular weight excluding hydrogens is 352 g/mol. The molecule has 1 unspecified atom stereocenters. The van der Waals surface area contributed by atoms with Gasteiger partial charge in [0.2, 0.25) is 5.91 Å². The molecule has 0 saturated carbocycles. The molecule has 1 saturated heterocycles. The molecule has 0 aromatic heterocycles. The quantitative estimate of drug-likeness (QED) is 0.610. The first-order valence-electron chi connectivity index (χ1n) is 7.69. The highest BCUT2D eigenvalue weighted by Crippen LogP contribution is 2.35. The molecule has 2 heterocycles. The smallest absolute Gasteiger partial charge is 0.271 e. The number of nitro groups is 1. The Bertz CT molecular complexity index is 698. The third-order valence-corrected chi connectivity index (χ3v) is 4.36. The van der Waals surface area contributed by atoms with Gasteiger partial charge in [-0.1, -0.05) is 0 Å². The van der Waals surface area contributed by atoms with Crippen LogP contribution in [-0.4, -0.2) is 54.4 Å². The second-order valence-electron chi connectivity index (χ2n) is 5.91. The van der Waals surface area contributed by atoms with Crippen LogP contribution in [0.2, 0.25) is 0 Å². The number of halogens is 1. The van der Waals surface area contributed by atoms with E-state index in [1.54, 1.807) is 4.90 Å². The van der Waals surface area contributed by atoms with Crippen molar-refractivity contribution in [3.8, 4) is 5.75 Å². The van der Waals surface area contributed by atoms with Gasteiger partial charge in [0.25, 0.3) is 11.6 Å². The van der Waals surface area contributed by atoms with Gasteiger partial charge in [0.05, 0.1) is 10.6 Å². The zero-order chi connectivity index (χ0) is 17.3. The summed E-state index contributed by atoms with van der Waals surface area (Å²) >= 11 is 0. The number of likely N-dealkylation sites (tertiary alicyclic amines) is 1. The van der Waals surface area contributed by atoms with Gasteiger partial charge in [0.15, 0.2) is 6.61 Å². The summed E-state index contributed by atoms with van der Waals surface area (Å²) in [6.45, 7) is 1.36. The van der Waals surface area contributed by atoms with Gasteiger partial charge in [-0.2, -0.15) is 0 Å². The zero-order valence-corrected chi connectivity index (χ0v) is 14.2. The largest absolute Gasteiger partial charge is 0.482 e. The van der Waals surface area contributed by atoms with Crippen molar-refractivity contribution in [3.63, 3.8) is 0 Å². The highest BCUT2D eigenvalue weighted by Gasteiger charge is 2.32. The summed E-state index contributed by atoms with van der Waals surface area (Å²) in [6.07, 6.45) is 0.849. The fraction of sp³-hybridized carbons (Fsp3) is 0.467. The molecule has 25 heavy (non-hydrogen) atoms. The Kier molecular flexibility index (Phi) is 5.81. The number of nitrogens with two attached hydrogens (primary N) is 1. The molecule has 2 aliphatic heterocycles. The van der Waals surface area contributed by atoms with Crippen molar-refractivity contribution in [1.29, 1.82) is 0 Å². The van der Waals surface area contributed by atoms with E-state index in [0.29, 0.717) is 25.4 Å². The summed E-state index contributed by atoms with van der Waals surface area (Å²) in [5.74, 6) is 0.0431. The van der Waals surface area contributed by atoms with E-state index >= 15 is 0 Å². The Morgan fingerprint density at radius 3 is 2.84 bits per heavy atom. The summed E-state index contributed by atoms with van der Waals surface area (Å²) in [5, 5.41) is 10.9. The first kappa shape index (κ1) is 18.9. The predicted octanol–water partition coefficient (Wildman–Crippen LogP) is 0.549. The molecule has 136 valence electrons. The second-order valence-corrected chi connectivity index (χ2v) is 5.91. The first-order chi connectivity index (χ1) is 11.5. The van der Waals surface area contributed by atoms with Crippen molar-refractivity contribution >= 4 is 35.6 Å². The van der Waals surface area contributed by atoms with Crippen LogP contribution in [0.3, 0.4) is 0 Å². The number of hydrogen-bond donors (Lipinski definition) is 1. The number of fused-ring (bicyclic) bond motifs is 1. The Balaban J connectivity index is 0.00000225. The van der Waals surface area contributed by atoms with Crippen molar-refractivity contribution in [2.24, 2.45) is 11.7 Å². The lowest BCUT2D eigenvalue weighted by molar-refractivity contribution is -0.384. The fourth-order valence-corrected chi connectivity index (χ4v) is 2.96. The molecule has 0 aliphatic carbocycles. The van der Waals surface area contributed by atoms with Crippen LogP contribution in [-0.2, 0) is 9.59 Å². The van der Waals surface area contributed by atoms with Gasteiger partial charge in [0, 0.05) is 25.2 Å². The van der Waals surface area contributed by atoms with Crippen LogP contribution < -0.4 is 15.4 Å². The molecule has 1 fully saturated rings. The molecule has 0 spiro atoms. The molecule has 0 bridgehead atoms. The number of nitro benzene ring substituents is 1. The molecule has 0 radical (unpaired) electrons. The van der Waals surface area contributed by atoms with Gasteiger partial charge in [-0.25, -0.2) is 0 Å². The summed E-state index contributed by atoms with van der Waals surface area (Å²) in [7, 11) is 0. The Morgan fingerprint density at radius 1 is 1.44 bits per heavy atom. The number of ether oxygens (including phenoxy) is 1. The van der Waals surface area contributed by atoms with Crippen molar-refractivity contribution in [2.75, 3.05) is 37.7 Å². The van der Waals surface area contributed by atoms with Crippen molar-refractivity contribution in [1.82, 2.24) is 4.90 Å². The van der Waals surface area contributed by atoms with Gasteiger partial charge in [-0.05, 0) is 24.9 Å². The number of amides is 2. The number of carbonyl (C=O) groups is 2. The minimum atomic E-state index is -0.550. The number of benzene rings is 1. The number of carbonyl (C=O) groups excluding carboxylic acids is 2. The normalized spacial score (nSPS) is 19.1. The van der Waals surface area contributed by atoms with Crippen LogP contribution in [0.1, 0.15) is 6.42 Å². The average Bonchev–Trinajstić information content (AvgIpc) is 3.06. The van der Waals surface area contributed by atoms with E-state index in [1.807, 2.05) is 0 Å². The summed E-state index contributed by atoms with van der Waals surface area (Å²) in [4.78, 5) is 37.9. The van der Waals surface area contributed by atoms with Crippen molar-refractivity contribution in [2.45, 2.75) is 6.42 Å². The predicted molar refractivity (Wildman–Crippen MR) is 91.9 cm³/mol. The lowest BCUT2D eigenvalue weighted by Crippen LogP contribution is -2.46. The van der Waals surface area contributed by atoms with E-state index < -0.39 is 10.8 Å². The average molecular weight is 371 g/mol. The number of hydrogen-bond acceptors (Lipinski definition) is 6. The summed E-state index contributed by atoms with van der Waals surface area (Å²) < 4.78 is 5.29. The van der Waals surface area contributed by atoms with Crippen LogP contribution >= 0.6 is 12.4 Å². The molecule has 3 rings (SSSR count). The molecule has 2 amide bonds. The molecule has 2 aliphatic rings. The maximum atomic E-state index is 12.5. The maximum Gasteiger partial charge on any atom is 0.271 e. The van der Waals surface area contributed by atoms with Crippen LogP contribution in [0.5, 0.6) is 5.75 Å². The third kappa shape index (κ3) is 3.83. The van der Waals surface area contributed by atoms with Gasteiger partial charge in [-0.15, -0.1) is 12.4 Å². The number of non-ortho nitro benzene ring substituents is 1. The van der Waals surface area contributed by atoms with Gasteiger partial charge >= 0.3 is 0 Å². The highest BCUT2D eigenvalue weighted by molar-refractivity contribution is 6.02.